The molecule has 28 heavy (non-hydrogen) atoms. The fraction of sp³-hybridized carbons (Fsp3) is 0.333. The van der Waals surface area contributed by atoms with Gasteiger partial charge in [-0.15, -0.1) is 0 Å². The first-order valence-corrected chi connectivity index (χ1v) is 9.78. The van der Waals surface area contributed by atoms with E-state index in [0.29, 0.717) is 29.4 Å². The summed E-state index contributed by atoms with van der Waals surface area (Å²) in [5.41, 5.74) is 2.08. The van der Waals surface area contributed by atoms with E-state index < -0.39 is 0 Å². The summed E-state index contributed by atoms with van der Waals surface area (Å²) in [6.45, 7) is 6.45. The van der Waals surface area contributed by atoms with Crippen LogP contribution in [0.3, 0.4) is 0 Å². The summed E-state index contributed by atoms with van der Waals surface area (Å²) in [5, 5.41) is 6.26. The first kappa shape index (κ1) is 20.0. The number of benzene rings is 2. The fourth-order valence-corrected chi connectivity index (χ4v) is 3.39. The smallest absolute Gasteiger partial charge is 0.319 e. The van der Waals surface area contributed by atoms with Gasteiger partial charge in [0.05, 0.1) is 11.3 Å². The summed E-state index contributed by atoms with van der Waals surface area (Å²) in [6.07, 6.45) is 0. The first-order chi connectivity index (χ1) is 13.4. The highest BCUT2D eigenvalue weighted by Crippen LogP contribution is 2.22. The molecule has 2 aromatic carbocycles. The lowest BCUT2D eigenvalue weighted by molar-refractivity contribution is 0.0748. The fourth-order valence-electron chi connectivity index (χ4n) is 3.21. The van der Waals surface area contributed by atoms with Gasteiger partial charge in [0.15, 0.2) is 0 Å². The predicted molar refractivity (Wildman–Crippen MR) is 113 cm³/mol. The van der Waals surface area contributed by atoms with Crippen molar-refractivity contribution in [3.8, 4) is 0 Å². The third kappa shape index (κ3) is 4.95. The second-order valence-corrected chi connectivity index (χ2v) is 7.49. The van der Waals surface area contributed by atoms with Gasteiger partial charge in [0, 0.05) is 42.9 Å². The topological polar surface area (TPSA) is 64.7 Å². The van der Waals surface area contributed by atoms with Crippen molar-refractivity contribution in [1.82, 2.24) is 10.2 Å². The van der Waals surface area contributed by atoms with Crippen LogP contribution < -0.4 is 15.5 Å². The van der Waals surface area contributed by atoms with Gasteiger partial charge in [0.1, 0.15) is 0 Å². The third-order valence-corrected chi connectivity index (χ3v) is 4.80. The minimum atomic E-state index is -0.318. The van der Waals surface area contributed by atoms with Crippen LogP contribution in [0.2, 0.25) is 5.02 Å². The Morgan fingerprint density at radius 2 is 1.71 bits per heavy atom. The van der Waals surface area contributed by atoms with Gasteiger partial charge >= 0.3 is 6.03 Å². The van der Waals surface area contributed by atoms with Gasteiger partial charge in [-0.1, -0.05) is 29.8 Å². The van der Waals surface area contributed by atoms with E-state index in [0.717, 1.165) is 18.8 Å². The molecule has 2 N–H and O–H groups in total. The molecule has 1 saturated heterocycles. The quantitative estimate of drug-likeness (QED) is 0.819. The van der Waals surface area contributed by atoms with Gasteiger partial charge in [-0.25, -0.2) is 4.79 Å². The monoisotopic (exact) mass is 400 g/mol. The SMILES string of the molecule is CC(C)NC(=O)Nc1ccccc1C(=O)N1CCN(c2cccc(Cl)c2)CC1. The Balaban J connectivity index is 1.66. The number of hydrogen-bond donors (Lipinski definition) is 2. The second-order valence-electron chi connectivity index (χ2n) is 7.06. The van der Waals surface area contributed by atoms with Crippen molar-refractivity contribution in [1.29, 1.82) is 0 Å². The average Bonchev–Trinajstić information content (AvgIpc) is 2.67. The van der Waals surface area contributed by atoms with Crippen LogP contribution >= 0.6 is 11.6 Å². The number of hydrogen-bond acceptors (Lipinski definition) is 3. The molecular weight excluding hydrogens is 376 g/mol. The number of piperazine rings is 1. The van der Waals surface area contributed by atoms with Crippen LogP contribution in [-0.2, 0) is 0 Å². The molecule has 1 fully saturated rings. The van der Waals surface area contributed by atoms with Crippen molar-refractivity contribution in [2.75, 3.05) is 36.4 Å². The number of carbonyl (C=O) groups is 2. The minimum Gasteiger partial charge on any atom is -0.368 e. The molecule has 2 aromatic rings. The largest absolute Gasteiger partial charge is 0.368 e. The van der Waals surface area contributed by atoms with Gasteiger partial charge in [-0.05, 0) is 44.2 Å². The summed E-state index contributed by atoms with van der Waals surface area (Å²) < 4.78 is 0. The molecule has 0 radical (unpaired) electrons. The maximum absolute atomic E-state index is 13.0. The maximum atomic E-state index is 13.0. The molecule has 1 aliphatic heterocycles. The molecule has 3 amide bonds. The second kappa shape index (κ2) is 8.97. The number of rotatable bonds is 4. The molecule has 1 aliphatic rings. The van der Waals surface area contributed by atoms with Crippen LogP contribution in [0.1, 0.15) is 24.2 Å². The predicted octanol–water partition coefficient (Wildman–Crippen LogP) is 3.83. The van der Waals surface area contributed by atoms with Crippen molar-refractivity contribution in [2.24, 2.45) is 0 Å². The van der Waals surface area contributed by atoms with E-state index in [1.54, 1.807) is 24.3 Å². The highest BCUT2D eigenvalue weighted by Gasteiger charge is 2.24. The minimum absolute atomic E-state index is 0.0161. The molecule has 7 heteroatoms. The van der Waals surface area contributed by atoms with E-state index in [2.05, 4.69) is 15.5 Å². The lowest BCUT2D eigenvalue weighted by Gasteiger charge is -2.36. The molecule has 1 heterocycles. The van der Waals surface area contributed by atoms with E-state index in [1.165, 1.54) is 0 Å². The molecule has 0 atom stereocenters. The third-order valence-electron chi connectivity index (χ3n) is 4.57. The van der Waals surface area contributed by atoms with E-state index in [1.807, 2.05) is 43.0 Å². The summed E-state index contributed by atoms with van der Waals surface area (Å²) in [7, 11) is 0. The Bertz CT molecular complexity index is 848. The molecular formula is C21H25ClN4O2. The van der Waals surface area contributed by atoms with Crippen molar-refractivity contribution in [2.45, 2.75) is 19.9 Å². The van der Waals surface area contributed by atoms with Crippen LogP contribution in [0, 0.1) is 0 Å². The zero-order valence-corrected chi connectivity index (χ0v) is 16.9. The number of para-hydroxylation sites is 1. The van der Waals surface area contributed by atoms with Gasteiger partial charge in [-0.2, -0.15) is 0 Å². The van der Waals surface area contributed by atoms with Crippen LogP contribution in [0.4, 0.5) is 16.2 Å². The Hall–Kier alpha value is -2.73. The average molecular weight is 401 g/mol. The molecule has 0 aliphatic carbocycles. The number of nitrogens with zero attached hydrogens (tertiary/aromatic N) is 2. The summed E-state index contributed by atoms with van der Waals surface area (Å²) >= 11 is 6.08. The zero-order valence-electron chi connectivity index (χ0n) is 16.1. The standard InChI is InChI=1S/C21H25ClN4O2/c1-15(2)23-21(28)24-19-9-4-3-8-18(19)20(27)26-12-10-25(11-13-26)17-7-5-6-16(22)14-17/h3-9,14-15H,10-13H2,1-2H3,(H2,23,24,28). The maximum Gasteiger partial charge on any atom is 0.319 e. The van der Waals surface area contributed by atoms with Crippen molar-refractivity contribution in [3.63, 3.8) is 0 Å². The van der Waals surface area contributed by atoms with Gasteiger partial charge in [-0.3, -0.25) is 4.79 Å². The van der Waals surface area contributed by atoms with Crippen LogP contribution in [0.15, 0.2) is 48.5 Å². The molecule has 3 rings (SSSR count). The molecule has 6 nitrogen and oxygen atoms in total. The first-order valence-electron chi connectivity index (χ1n) is 9.40. The van der Waals surface area contributed by atoms with E-state index in [4.69, 9.17) is 11.6 Å². The van der Waals surface area contributed by atoms with Crippen molar-refractivity contribution in [3.05, 3.63) is 59.1 Å². The highest BCUT2D eigenvalue weighted by molar-refractivity contribution is 6.30. The number of anilines is 2. The number of carbonyl (C=O) groups excluding carboxylic acids is 2. The number of nitrogens with one attached hydrogen (secondary N) is 2. The Labute approximate surface area is 170 Å². The van der Waals surface area contributed by atoms with Crippen molar-refractivity contribution < 1.29 is 9.59 Å². The van der Waals surface area contributed by atoms with Crippen molar-refractivity contribution >= 4 is 34.9 Å². The highest BCUT2D eigenvalue weighted by atomic mass is 35.5. The molecule has 0 aromatic heterocycles. The van der Waals surface area contributed by atoms with E-state index in [-0.39, 0.29) is 18.0 Å². The van der Waals surface area contributed by atoms with Gasteiger partial charge in [0.25, 0.3) is 5.91 Å². The normalized spacial score (nSPS) is 14.1. The summed E-state index contributed by atoms with van der Waals surface area (Å²) in [6, 6.07) is 14.5. The molecule has 148 valence electrons. The van der Waals surface area contributed by atoms with Crippen LogP contribution in [0.5, 0.6) is 0 Å². The van der Waals surface area contributed by atoms with E-state index in [9.17, 15) is 9.59 Å². The van der Waals surface area contributed by atoms with Crippen LogP contribution in [0.25, 0.3) is 0 Å². The molecule has 0 spiro atoms. The lowest BCUT2D eigenvalue weighted by Crippen LogP contribution is -2.49. The number of urea groups is 1. The van der Waals surface area contributed by atoms with Crippen LogP contribution in [-0.4, -0.2) is 49.1 Å². The lowest BCUT2D eigenvalue weighted by atomic mass is 10.1. The summed E-state index contributed by atoms with van der Waals surface area (Å²) in [4.78, 5) is 29.1. The molecule has 0 saturated carbocycles. The van der Waals surface area contributed by atoms with Gasteiger partial charge < -0.3 is 20.4 Å². The molecule has 0 bridgehead atoms. The zero-order chi connectivity index (χ0) is 20.1. The van der Waals surface area contributed by atoms with E-state index >= 15 is 0 Å². The Morgan fingerprint density at radius 3 is 2.39 bits per heavy atom. The summed E-state index contributed by atoms with van der Waals surface area (Å²) in [5.74, 6) is -0.0776. The Kier molecular flexibility index (Phi) is 6.41. The number of halogens is 1. The number of amides is 3. The Morgan fingerprint density at radius 1 is 1.00 bits per heavy atom. The van der Waals surface area contributed by atoms with Gasteiger partial charge in [0.2, 0.25) is 0 Å². The molecule has 0 unspecified atom stereocenters.